The molecule has 0 saturated carbocycles. The summed E-state index contributed by atoms with van der Waals surface area (Å²) in [7, 11) is 0. The van der Waals surface area contributed by atoms with Gasteiger partial charge in [-0.05, 0) is 78.3 Å². The van der Waals surface area contributed by atoms with E-state index in [9.17, 15) is 24.3 Å². The fourth-order valence-electron chi connectivity index (χ4n) is 3.31. The van der Waals surface area contributed by atoms with Gasteiger partial charge in [-0.3, -0.25) is 14.4 Å². The van der Waals surface area contributed by atoms with Crippen LogP contribution in [0.15, 0.2) is 48.5 Å². The number of carboxylic acids is 1. The van der Waals surface area contributed by atoms with Crippen LogP contribution in [-0.4, -0.2) is 40.6 Å². The van der Waals surface area contributed by atoms with Crippen LogP contribution in [0.3, 0.4) is 0 Å². The normalized spacial score (nSPS) is 14.1. The number of hydrogen-bond donors (Lipinski definition) is 2. The minimum absolute atomic E-state index is 0.0226. The first kappa shape index (κ1) is 30.5. The van der Waals surface area contributed by atoms with E-state index < -0.39 is 46.4 Å². The molecule has 0 aromatic heterocycles. The van der Waals surface area contributed by atoms with Crippen LogP contribution in [0.4, 0.5) is 0 Å². The molecule has 0 heterocycles. The summed E-state index contributed by atoms with van der Waals surface area (Å²) in [6.07, 6.45) is -1.17. The Balaban J connectivity index is 2.32. The summed E-state index contributed by atoms with van der Waals surface area (Å²) in [6.45, 7) is 11.6. The van der Waals surface area contributed by atoms with Crippen molar-refractivity contribution in [2.75, 3.05) is 0 Å². The highest BCUT2D eigenvalue weighted by Crippen LogP contribution is 2.34. The molecule has 2 aromatic carbocycles. The summed E-state index contributed by atoms with van der Waals surface area (Å²) in [4.78, 5) is 49.7. The Kier molecular flexibility index (Phi) is 9.45. The molecule has 2 atom stereocenters. The average Bonchev–Trinajstić information content (AvgIpc) is 2.79. The zero-order chi connectivity index (χ0) is 28.9. The molecule has 38 heavy (non-hydrogen) atoms. The van der Waals surface area contributed by atoms with Crippen LogP contribution in [0.5, 0.6) is 11.5 Å². The Morgan fingerprint density at radius 1 is 0.842 bits per heavy atom. The molecule has 0 bridgehead atoms. The Bertz CT molecular complexity index is 1180. The minimum atomic E-state index is -1.81. The molecule has 0 aliphatic heterocycles. The highest BCUT2D eigenvalue weighted by Gasteiger charge is 2.37. The zero-order valence-corrected chi connectivity index (χ0v) is 23.0. The van der Waals surface area contributed by atoms with Crippen molar-refractivity contribution in [2.24, 2.45) is 16.6 Å². The van der Waals surface area contributed by atoms with Crippen molar-refractivity contribution >= 4 is 23.9 Å². The van der Waals surface area contributed by atoms with E-state index >= 15 is 0 Å². The van der Waals surface area contributed by atoms with Crippen LogP contribution in [0.1, 0.15) is 70.8 Å². The summed E-state index contributed by atoms with van der Waals surface area (Å²) < 4.78 is 16.5. The summed E-state index contributed by atoms with van der Waals surface area (Å²) in [5, 5.41) is 9.96. The number of aliphatic carboxylic acids is 1. The first-order valence-electron chi connectivity index (χ1n) is 12.3. The van der Waals surface area contributed by atoms with Crippen molar-refractivity contribution in [3.8, 4) is 11.5 Å². The van der Waals surface area contributed by atoms with Gasteiger partial charge in [-0.1, -0.05) is 24.3 Å². The predicted molar refractivity (Wildman–Crippen MR) is 141 cm³/mol. The Morgan fingerprint density at radius 3 is 1.87 bits per heavy atom. The monoisotopic (exact) mass is 527 g/mol. The second kappa shape index (κ2) is 11.8. The lowest BCUT2D eigenvalue weighted by Gasteiger charge is -2.28. The number of carbonyl (C=O) groups excluding carboxylic acids is 3. The number of ether oxygens (including phenoxy) is 3. The fourth-order valence-corrected chi connectivity index (χ4v) is 3.31. The Hall–Kier alpha value is -3.72. The molecule has 2 aromatic rings. The highest BCUT2D eigenvalue weighted by atomic mass is 16.6. The van der Waals surface area contributed by atoms with Crippen molar-refractivity contribution in [1.82, 2.24) is 0 Å². The lowest BCUT2D eigenvalue weighted by atomic mass is 9.86. The molecule has 3 N–H and O–H groups in total. The van der Waals surface area contributed by atoms with Crippen molar-refractivity contribution < 1.29 is 38.5 Å². The predicted octanol–water partition coefficient (Wildman–Crippen LogP) is 4.55. The van der Waals surface area contributed by atoms with E-state index in [0.29, 0.717) is 11.1 Å². The Morgan fingerprint density at radius 2 is 1.37 bits per heavy atom. The van der Waals surface area contributed by atoms with Crippen LogP contribution in [0, 0.1) is 10.8 Å². The fraction of sp³-hybridized carbons (Fsp3) is 0.448. The maximum Gasteiger partial charge on any atom is 0.338 e. The minimum Gasteiger partial charge on any atom is -0.480 e. The Labute approximate surface area is 223 Å². The van der Waals surface area contributed by atoms with Gasteiger partial charge >= 0.3 is 23.9 Å². The maximum atomic E-state index is 12.6. The first-order valence-corrected chi connectivity index (χ1v) is 12.3. The molecule has 0 saturated heterocycles. The third kappa shape index (κ3) is 8.41. The lowest BCUT2D eigenvalue weighted by molar-refractivity contribution is -0.145. The van der Waals surface area contributed by atoms with Gasteiger partial charge in [0.25, 0.3) is 0 Å². The summed E-state index contributed by atoms with van der Waals surface area (Å²) in [5.41, 5.74) is 3.58. The molecule has 0 aliphatic carbocycles. The molecular weight excluding hydrogens is 490 g/mol. The number of nitrogens with two attached hydrogens (primary N) is 1. The van der Waals surface area contributed by atoms with Gasteiger partial charge in [0, 0.05) is 12.8 Å². The molecule has 1 unspecified atom stereocenters. The second-order valence-electron chi connectivity index (χ2n) is 11.5. The second-order valence-corrected chi connectivity index (χ2v) is 11.5. The molecule has 2 rings (SSSR count). The van der Waals surface area contributed by atoms with Gasteiger partial charge in [-0.2, -0.15) is 0 Å². The van der Waals surface area contributed by atoms with Gasteiger partial charge in [0.15, 0.2) is 11.5 Å². The van der Waals surface area contributed by atoms with Crippen molar-refractivity contribution in [2.45, 2.75) is 73.0 Å². The summed E-state index contributed by atoms with van der Waals surface area (Å²) in [5.74, 6) is -3.00. The SMILES string of the molecule is C[C@@H](CC(N)(Cc1ccc(OC(=O)C(C)(C)C)c(OC(=O)C(C)(C)C)c1)C(=O)O)OC(=O)c1ccccc1. The number of esters is 3. The average molecular weight is 528 g/mol. The third-order valence-corrected chi connectivity index (χ3v) is 5.55. The van der Waals surface area contributed by atoms with Crippen LogP contribution in [0.25, 0.3) is 0 Å². The van der Waals surface area contributed by atoms with Gasteiger partial charge < -0.3 is 25.1 Å². The van der Waals surface area contributed by atoms with Gasteiger partial charge in [-0.25, -0.2) is 4.79 Å². The number of hydrogen-bond acceptors (Lipinski definition) is 8. The molecular formula is C29H37NO8. The first-order chi connectivity index (χ1) is 17.4. The maximum absolute atomic E-state index is 12.6. The van der Waals surface area contributed by atoms with Gasteiger partial charge in [0.05, 0.1) is 16.4 Å². The van der Waals surface area contributed by atoms with Crippen LogP contribution in [0.2, 0.25) is 0 Å². The van der Waals surface area contributed by atoms with E-state index in [1.54, 1.807) is 84.9 Å². The van der Waals surface area contributed by atoms with Crippen LogP contribution < -0.4 is 15.2 Å². The zero-order valence-electron chi connectivity index (χ0n) is 23.0. The standard InChI is InChI=1S/C29H37NO8/c1-18(36-23(31)20-11-9-8-10-12-20)16-29(30,24(32)33)17-19-13-14-21(37-25(34)27(2,3)4)22(15-19)38-26(35)28(5,6)7/h8-15,18H,16-17,30H2,1-7H3,(H,32,33)/t18-,29?/m0/s1. The third-order valence-electron chi connectivity index (χ3n) is 5.55. The van der Waals surface area contributed by atoms with E-state index in [2.05, 4.69) is 0 Å². The van der Waals surface area contributed by atoms with Crippen molar-refractivity contribution in [3.05, 3.63) is 59.7 Å². The largest absolute Gasteiger partial charge is 0.480 e. The molecule has 0 radical (unpaired) electrons. The molecule has 0 spiro atoms. The van der Waals surface area contributed by atoms with E-state index in [4.69, 9.17) is 19.9 Å². The van der Waals surface area contributed by atoms with Crippen molar-refractivity contribution in [3.63, 3.8) is 0 Å². The summed E-state index contributed by atoms with van der Waals surface area (Å²) in [6, 6.07) is 12.7. The van der Waals surface area contributed by atoms with Gasteiger partial charge in [0.1, 0.15) is 11.6 Å². The quantitative estimate of drug-likeness (QED) is 0.355. The topological polar surface area (TPSA) is 142 Å². The smallest absolute Gasteiger partial charge is 0.338 e. The molecule has 0 fully saturated rings. The summed E-state index contributed by atoms with van der Waals surface area (Å²) >= 11 is 0. The number of benzene rings is 2. The number of carbonyl (C=O) groups is 4. The molecule has 0 amide bonds. The molecule has 9 nitrogen and oxygen atoms in total. The van der Waals surface area contributed by atoms with Crippen LogP contribution in [-0.2, 0) is 25.5 Å². The van der Waals surface area contributed by atoms with E-state index in [1.165, 1.54) is 12.1 Å². The highest BCUT2D eigenvalue weighted by molar-refractivity contribution is 5.89. The number of rotatable bonds is 9. The van der Waals surface area contributed by atoms with Crippen LogP contribution >= 0.6 is 0 Å². The molecule has 206 valence electrons. The number of carboxylic acid groups (broad SMARTS) is 1. The van der Waals surface area contributed by atoms with E-state index in [1.807, 2.05) is 0 Å². The van der Waals surface area contributed by atoms with E-state index in [0.717, 1.165) is 0 Å². The van der Waals surface area contributed by atoms with Gasteiger partial charge in [0.2, 0.25) is 0 Å². The molecule has 0 aliphatic rings. The molecule has 9 heteroatoms. The lowest BCUT2D eigenvalue weighted by Crippen LogP contribution is -2.52. The van der Waals surface area contributed by atoms with Gasteiger partial charge in [-0.15, -0.1) is 0 Å². The van der Waals surface area contributed by atoms with E-state index in [-0.39, 0.29) is 24.3 Å². The van der Waals surface area contributed by atoms with Crippen molar-refractivity contribution in [1.29, 1.82) is 0 Å².